The molecule has 1 N–H and O–H groups in total. The molecule has 7 heteroatoms. The number of benzene rings is 2. The average molecular weight is 318 g/mol. The van der Waals surface area contributed by atoms with Gasteiger partial charge < -0.3 is 9.84 Å². The Morgan fingerprint density at radius 1 is 0.957 bits per heavy atom. The van der Waals surface area contributed by atoms with Gasteiger partial charge in [-0.15, -0.1) is 0 Å². The standard InChI is InChI=1S/C16H9F3N2O2/c17-10-3-1-9(2-4-10)14-8-15(23-21-14)16(22)20-13-6-5-11(18)7-12(13)19/h1-8H,(H,20,22). The second-order valence-corrected chi connectivity index (χ2v) is 4.66. The SMILES string of the molecule is O=C(Nc1ccc(F)cc1F)c1cc(-c2ccc(F)cc2)no1. The number of rotatable bonds is 3. The quantitative estimate of drug-likeness (QED) is 0.794. The Balaban J connectivity index is 1.79. The van der Waals surface area contributed by atoms with Crippen LogP contribution >= 0.6 is 0 Å². The van der Waals surface area contributed by atoms with Crippen molar-refractivity contribution in [1.29, 1.82) is 0 Å². The molecule has 0 aliphatic heterocycles. The van der Waals surface area contributed by atoms with Crippen LogP contribution in [0, 0.1) is 17.5 Å². The number of carbonyl (C=O) groups excluding carboxylic acids is 1. The highest BCUT2D eigenvalue weighted by molar-refractivity contribution is 6.02. The van der Waals surface area contributed by atoms with Gasteiger partial charge in [-0.1, -0.05) is 5.16 Å². The molecule has 0 unspecified atom stereocenters. The summed E-state index contributed by atoms with van der Waals surface area (Å²) in [5.74, 6) is -2.96. The van der Waals surface area contributed by atoms with Gasteiger partial charge in [0.2, 0.25) is 5.76 Å². The highest BCUT2D eigenvalue weighted by atomic mass is 19.1. The van der Waals surface area contributed by atoms with Gasteiger partial charge in [0.25, 0.3) is 5.91 Å². The van der Waals surface area contributed by atoms with Crippen LogP contribution in [0.2, 0.25) is 0 Å². The predicted octanol–water partition coefficient (Wildman–Crippen LogP) is 4.01. The Kier molecular flexibility index (Phi) is 3.84. The molecule has 23 heavy (non-hydrogen) atoms. The number of hydrogen-bond acceptors (Lipinski definition) is 3. The van der Waals surface area contributed by atoms with Gasteiger partial charge in [-0.2, -0.15) is 0 Å². The van der Waals surface area contributed by atoms with E-state index >= 15 is 0 Å². The lowest BCUT2D eigenvalue weighted by molar-refractivity contribution is 0.0987. The fraction of sp³-hybridized carbons (Fsp3) is 0. The second-order valence-electron chi connectivity index (χ2n) is 4.66. The molecule has 0 fully saturated rings. The molecule has 0 radical (unpaired) electrons. The number of hydrogen-bond donors (Lipinski definition) is 1. The van der Waals surface area contributed by atoms with Crippen LogP contribution in [0.25, 0.3) is 11.3 Å². The highest BCUT2D eigenvalue weighted by Crippen LogP contribution is 2.21. The molecule has 1 heterocycles. The van der Waals surface area contributed by atoms with Crippen molar-refractivity contribution in [3.05, 3.63) is 71.7 Å². The van der Waals surface area contributed by atoms with Crippen LogP contribution < -0.4 is 5.32 Å². The summed E-state index contributed by atoms with van der Waals surface area (Å²) in [6, 6.07) is 9.56. The maximum atomic E-state index is 13.5. The maximum Gasteiger partial charge on any atom is 0.294 e. The number of halogens is 3. The van der Waals surface area contributed by atoms with E-state index in [-0.39, 0.29) is 11.4 Å². The molecule has 0 spiro atoms. The number of nitrogens with zero attached hydrogens (tertiary/aromatic N) is 1. The van der Waals surface area contributed by atoms with Gasteiger partial charge in [0.05, 0.1) is 5.69 Å². The van der Waals surface area contributed by atoms with Gasteiger partial charge in [-0.25, -0.2) is 13.2 Å². The van der Waals surface area contributed by atoms with Crippen molar-refractivity contribution in [2.45, 2.75) is 0 Å². The van der Waals surface area contributed by atoms with Crippen LogP contribution in [0.3, 0.4) is 0 Å². The zero-order chi connectivity index (χ0) is 16.4. The fourth-order valence-electron chi connectivity index (χ4n) is 1.91. The predicted molar refractivity (Wildman–Crippen MR) is 76.2 cm³/mol. The molecule has 0 aliphatic rings. The van der Waals surface area contributed by atoms with E-state index < -0.39 is 23.4 Å². The zero-order valence-corrected chi connectivity index (χ0v) is 11.5. The molecule has 1 aromatic heterocycles. The van der Waals surface area contributed by atoms with Gasteiger partial charge in [-0.05, 0) is 36.4 Å². The maximum absolute atomic E-state index is 13.5. The topological polar surface area (TPSA) is 55.1 Å². The first-order valence-corrected chi connectivity index (χ1v) is 6.52. The molecular weight excluding hydrogens is 309 g/mol. The third-order valence-electron chi connectivity index (χ3n) is 3.05. The summed E-state index contributed by atoms with van der Waals surface area (Å²) < 4.78 is 44.1. The summed E-state index contributed by atoms with van der Waals surface area (Å²) in [6.07, 6.45) is 0. The monoisotopic (exact) mass is 318 g/mol. The lowest BCUT2D eigenvalue weighted by Gasteiger charge is -2.03. The molecular formula is C16H9F3N2O2. The van der Waals surface area contributed by atoms with E-state index in [1.54, 1.807) is 0 Å². The Morgan fingerprint density at radius 2 is 1.65 bits per heavy atom. The van der Waals surface area contributed by atoms with Crippen molar-refractivity contribution in [2.75, 3.05) is 5.32 Å². The molecule has 2 aromatic carbocycles. The smallest absolute Gasteiger partial charge is 0.294 e. The Morgan fingerprint density at radius 3 is 2.35 bits per heavy atom. The third kappa shape index (κ3) is 3.23. The van der Waals surface area contributed by atoms with E-state index in [4.69, 9.17) is 4.52 Å². The van der Waals surface area contributed by atoms with Crippen molar-refractivity contribution in [1.82, 2.24) is 5.16 Å². The van der Waals surface area contributed by atoms with Crippen molar-refractivity contribution in [3.63, 3.8) is 0 Å². The minimum atomic E-state index is -0.906. The minimum absolute atomic E-state index is 0.159. The molecule has 0 saturated heterocycles. The lowest BCUT2D eigenvalue weighted by atomic mass is 10.1. The fourth-order valence-corrected chi connectivity index (χ4v) is 1.91. The third-order valence-corrected chi connectivity index (χ3v) is 3.05. The molecule has 4 nitrogen and oxygen atoms in total. The minimum Gasteiger partial charge on any atom is -0.350 e. The van der Waals surface area contributed by atoms with Crippen molar-refractivity contribution in [2.24, 2.45) is 0 Å². The van der Waals surface area contributed by atoms with Crippen LogP contribution in [0.4, 0.5) is 18.9 Å². The van der Waals surface area contributed by atoms with Crippen molar-refractivity contribution >= 4 is 11.6 Å². The van der Waals surface area contributed by atoms with Gasteiger partial charge >= 0.3 is 0 Å². The van der Waals surface area contributed by atoms with E-state index in [0.717, 1.165) is 12.1 Å². The first-order chi connectivity index (χ1) is 11.0. The number of carbonyl (C=O) groups is 1. The summed E-state index contributed by atoms with van der Waals surface area (Å²) >= 11 is 0. The first-order valence-electron chi connectivity index (χ1n) is 6.52. The van der Waals surface area contributed by atoms with Crippen LogP contribution in [-0.4, -0.2) is 11.1 Å². The van der Waals surface area contributed by atoms with Crippen molar-refractivity contribution in [3.8, 4) is 11.3 Å². The lowest BCUT2D eigenvalue weighted by Crippen LogP contribution is -2.12. The molecule has 3 rings (SSSR count). The van der Waals surface area contributed by atoms with Crippen LogP contribution in [-0.2, 0) is 0 Å². The number of amides is 1. The highest BCUT2D eigenvalue weighted by Gasteiger charge is 2.16. The number of anilines is 1. The average Bonchev–Trinajstić information content (AvgIpc) is 3.01. The van der Waals surface area contributed by atoms with Crippen LogP contribution in [0.15, 0.2) is 53.1 Å². The molecule has 0 saturated carbocycles. The van der Waals surface area contributed by atoms with E-state index in [1.165, 1.54) is 30.3 Å². The summed E-state index contributed by atoms with van der Waals surface area (Å²) in [5.41, 5.74) is 0.702. The van der Waals surface area contributed by atoms with Gasteiger partial charge in [0, 0.05) is 17.7 Å². The van der Waals surface area contributed by atoms with E-state index in [1.807, 2.05) is 0 Å². The van der Waals surface area contributed by atoms with Crippen molar-refractivity contribution < 1.29 is 22.5 Å². The zero-order valence-electron chi connectivity index (χ0n) is 11.5. The second kappa shape index (κ2) is 5.96. The summed E-state index contributed by atoms with van der Waals surface area (Å²) in [6.45, 7) is 0. The number of nitrogens with one attached hydrogen (secondary N) is 1. The summed E-state index contributed by atoms with van der Waals surface area (Å²) in [5, 5.41) is 5.96. The Hall–Kier alpha value is -3.09. The molecule has 0 atom stereocenters. The van der Waals surface area contributed by atoms with E-state index in [9.17, 15) is 18.0 Å². The molecule has 1 amide bonds. The van der Waals surface area contributed by atoms with E-state index in [0.29, 0.717) is 17.3 Å². The van der Waals surface area contributed by atoms with Crippen LogP contribution in [0.5, 0.6) is 0 Å². The Bertz CT molecular complexity index is 860. The first kappa shape index (κ1) is 14.8. The molecule has 0 aliphatic carbocycles. The summed E-state index contributed by atoms with van der Waals surface area (Å²) in [7, 11) is 0. The van der Waals surface area contributed by atoms with Crippen LogP contribution in [0.1, 0.15) is 10.6 Å². The molecule has 0 bridgehead atoms. The molecule has 116 valence electrons. The van der Waals surface area contributed by atoms with E-state index in [2.05, 4.69) is 10.5 Å². The van der Waals surface area contributed by atoms with Gasteiger partial charge in [0.1, 0.15) is 23.1 Å². The normalized spacial score (nSPS) is 10.6. The number of aromatic nitrogens is 1. The van der Waals surface area contributed by atoms with Gasteiger partial charge in [0.15, 0.2) is 0 Å². The largest absolute Gasteiger partial charge is 0.350 e. The van der Waals surface area contributed by atoms with Gasteiger partial charge in [-0.3, -0.25) is 4.79 Å². The molecule has 3 aromatic rings. The Labute approximate surface area is 128 Å². The summed E-state index contributed by atoms with van der Waals surface area (Å²) in [4.78, 5) is 12.0.